The molecule has 1 saturated heterocycles. The van der Waals surface area contributed by atoms with Gasteiger partial charge in [0.2, 0.25) is 0 Å². The van der Waals surface area contributed by atoms with Crippen molar-refractivity contribution in [2.75, 3.05) is 19.0 Å². The van der Waals surface area contributed by atoms with Crippen molar-refractivity contribution in [2.45, 2.75) is 38.0 Å². The number of sulfone groups is 1. The summed E-state index contributed by atoms with van der Waals surface area (Å²) in [6.07, 6.45) is 0.0291. The summed E-state index contributed by atoms with van der Waals surface area (Å²) in [4.78, 5) is 11.8. The van der Waals surface area contributed by atoms with Crippen molar-refractivity contribution >= 4 is 15.6 Å². The van der Waals surface area contributed by atoms with Crippen LogP contribution in [-0.2, 0) is 19.4 Å². The third-order valence-electron chi connectivity index (χ3n) is 3.09. The number of carbonyl (C=O) groups is 1. The van der Waals surface area contributed by atoms with E-state index in [1.54, 1.807) is 20.8 Å². The highest BCUT2D eigenvalue weighted by molar-refractivity contribution is 7.92. The molecule has 2 N–H and O–H groups in total. The number of carbonyl (C=O) groups excluding carboxylic acids is 1. The lowest BCUT2D eigenvalue weighted by atomic mass is 9.98. The Labute approximate surface area is 103 Å². The topological polar surface area (TPSA) is 86.5 Å². The molecule has 1 fully saturated rings. The smallest absolute Gasteiger partial charge is 0.155 e. The standard InChI is InChI=1S/C11H21NO4S/c1-11(2,3)17(14,15)5-4-10(13)8-6-16-7-9(8)12/h8-9H,4-7,12H2,1-3H3. The number of ether oxygens (including phenoxy) is 1. The van der Waals surface area contributed by atoms with E-state index in [0.717, 1.165) is 0 Å². The van der Waals surface area contributed by atoms with Crippen LogP contribution in [0.5, 0.6) is 0 Å². The number of ketones is 1. The van der Waals surface area contributed by atoms with Gasteiger partial charge in [-0.05, 0) is 20.8 Å². The largest absolute Gasteiger partial charge is 0.379 e. The molecule has 0 saturated carbocycles. The highest BCUT2D eigenvalue weighted by Crippen LogP contribution is 2.19. The maximum atomic E-state index is 11.8. The van der Waals surface area contributed by atoms with E-state index in [1.165, 1.54) is 0 Å². The summed E-state index contributed by atoms with van der Waals surface area (Å²) in [7, 11) is -3.24. The lowest BCUT2D eigenvalue weighted by Crippen LogP contribution is -2.36. The fourth-order valence-corrected chi connectivity index (χ4v) is 2.71. The molecule has 5 nitrogen and oxygen atoms in total. The number of Topliss-reactive ketones (excluding diaryl/α,β-unsaturated/α-hetero) is 1. The van der Waals surface area contributed by atoms with E-state index in [2.05, 4.69) is 0 Å². The van der Waals surface area contributed by atoms with Crippen LogP contribution in [0.15, 0.2) is 0 Å². The molecule has 1 heterocycles. The maximum absolute atomic E-state index is 11.8. The van der Waals surface area contributed by atoms with Gasteiger partial charge in [-0.3, -0.25) is 4.79 Å². The summed E-state index contributed by atoms with van der Waals surface area (Å²) in [6.45, 7) is 5.60. The van der Waals surface area contributed by atoms with E-state index >= 15 is 0 Å². The average Bonchev–Trinajstić information content (AvgIpc) is 2.59. The fraction of sp³-hybridized carbons (Fsp3) is 0.909. The number of rotatable bonds is 4. The van der Waals surface area contributed by atoms with Crippen LogP contribution in [0.25, 0.3) is 0 Å². The van der Waals surface area contributed by atoms with Gasteiger partial charge in [-0.25, -0.2) is 8.42 Å². The fourth-order valence-electron chi connectivity index (χ4n) is 1.63. The Morgan fingerprint density at radius 1 is 1.35 bits per heavy atom. The Bertz CT molecular complexity index is 383. The van der Waals surface area contributed by atoms with E-state index in [-0.39, 0.29) is 29.9 Å². The Morgan fingerprint density at radius 3 is 2.35 bits per heavy atom. The minimum atomic E-state index is -3.24. The third-order valence-corrected chi connectivity index (χ3v) is 5.70. The van der Waals surface area contributed by atoms with Crippen molar-refractivity contribution in [3.05, 3.63) is 0 Å². The van der Waals surface area contributed by atoms with Gasteiger partial charge < -0.3 is 10.5 Å². The zero-order chi connectivity index (χ0) is 13.3. The molecule has 0 amide bonds. The second-order valence-electron chi connectivity index (χ2n) is 5.46. The molecular weight excluding hydrogens is 242 g/mol. The van der Waals surface area contributed by atoms with Crippen molar-refractivity contribution in [1.82, 2.24) is 0 Å². The van der Waals surface area contributed by atoms with E-state index in [9.17, 15) is 13.2 Å². The maximum Gasteiger partial charge on any atom is 0.155 e. The second-order valence-corrected chi connectivity index (χ2v) is 8.32. The van der Waals surface area contributed by atoms with E-state index in [0.29, 0.717) is 13.2 Å². The predicted octanol–water partition coefficient (Wildman–Crippen LogP) is 0.133. The molecule has 1 aliphatic heterocycles. The minimum absolute atomic E-state index is 0.0291. The summed E-state index contributed by atoms with van der Waals surface area (Å²) in [5, 5.41) is 0. The Balaban J connectivity index is 2.55. The molecule has 0 aromatic carbocycles. The third kappa shape index (κ3) is 3.50. The molecule has 1 aliphatic rings. The first-order valence-corrected chi connectivity index (χ1v) is 7.39. The molecule has 0 aromatic heterocycles. The highest BCUT2D eigenvalue weighted by Gasteiger charge is 2.34. The molecule has 1 rings (SSSR count). The van der Waals surface area contributed by atoms with Crippen molar-refractivity contribution in [2.24, 2.45) is 11.7 Å². The monoisotopic (exact) mass is 263 g/mol. The van der Waals surface area contributed by atoms with Crippen LogP contribution in [0, 0.1) is 5.92 Å². The van der Waals surface area contributed by atoms with Crippen LogP contribution in [0.1, 0.15) is 27.2 Å². The molecule has 17 heavy (non-hydrogen) atoms. The summed E-state index contributed by atoms with van der Waals surface area (Å²) in [5.41, 5.74) is 5.71. The van der Waals surface area contributed by atoms with Gasteiger partial charge in [0.1, 0.15) is 5.78 Å². The van der Waals surface area contributed by atoms with Crippen molar-refractivity contribution in [3.8, 4) is 0 Å². The predicted molar refractivity (Wildman–Crippen MR) is 65.4 cm³/mol. The molecule has 0 radical (unpaired) electrons. The summed E-state index contributed by atoms with van der Waals surface area (Å²) >= 11 is 0. The number of hydrogen-bond donors (Lipinski definition) is 1. The zero-order valence-electron chi connectivity index (χ0n) is 10.6. The molecular formula is C11H21NO4S. The lowest BCUT2D eigenvalue weighted by molar-refractivity contribution is -0.122. The van der Waals surface area contributed by atoms with Crippen LogP contribution in [0.2, 0.25) is 0 Å². The molecule has 0 spiro atoms. The van der Waals surface area contributed by atoms with Gasteiger partial charge in [-0.2, -0.15) is 0 Å². The van der Waals surface area contributed by atoms with Crippen molar-refractivity contribution in [3.63, 3.8) is 0 Å². The summed E-state index contributed by atoms with van der Waals surface area (Å²) < 4.78 is 28.0. The van der Waals surface area contributed by atoms with Gasteiger partial charge >= 0.3 is 0 Å². The Hall–Kier alpha value is -0.460. The second kappa shape index (κ2) is 5.04. The molecule has 0 aromatic rings. The van der Waals surface area contributed by atoms with Crippen LogP contribution in [-0.4, -0.2) is 44.0 Å². The van der Waals surface area contributed by atoms with Gasteiger partial charge in [-0.1, -0.05) is 0 Å². The SMILES string of the molecule is CC(C)(C)S(=O)(=O)CCC(=O)C1COCC1N. The van der Waals surface area contributed by atoms with E-state index in [4.69, 9.17) is 10.5 Å². The molecule has 0 aliphatic carbocycles. The minimum Gasteiger partial charge on any atom is -0.379 e. The van der Waals surface area contributed by atoms with Crippen LogP contribution >= 0.6 is 0 Å². The average molecular weight is 263 g/mol. The summed E-state index contributed by atoms with van der Waals surface area (Å²) in [5.74, 6) is -0.563. The van der Waals surface area contributed by atoms with Gasteiger partial charge in [-0.15, -0.1) is 0 Å². The van der Waals surface area contributed by atoms with E-state index in [1.807, 2.05) is 0 Å². The number of nitrogens with two attached hydrogens (primary N) is 1. The van der Waals surface area contributed by atoms with Crippen LogP contribution in [0.3, 0.4) is 0 Å². The molecule has 2 atom stereocenters. The quantitative estimate of drug-likeness (QED) is 0.779. The first-order chi connectivity index (χ1) is 7.65. The van der Waals surface area contributed by atoms with Gasteiger partial charge in [0.25, 0.3) is 0 Å². The van der Waals surface area contributed by atoms with Gasteiger partial charge in [0, 0.05) is 12.5 Å². The Morgan fingerprint density at radius 2 is 1.94 bits per heavy atom. The zero-order valence-corrected chi connectivity index (χ0v) is 11.4. The first kappa shape index (κ1) is 14.6. The highest BCUT2D eigenvalue weighted by atomic mass is 32.2. The van der Waals surface area contributed by atoms with Crippen LogP contribution < -0.4 is 5.73 Å². The first-order valence-electron chi connectivity index (χ1n) is 5.73. The molecule has 100 valence electrons. The van der Waals surface area contributed by atoms with Crippen molar-refractivity contribution < 1.29 is 17.9 Å². The Kier molecular flexibility index (Phi) is 4.33. The van der Waals surface area contributed by atoms with E-state index < -0.39 is 14.6 Å². The summed E-state index contributed by atoms with van der Waals surface area (Å²) in [6, 6.07) is -0.292. The lowest BCUT2D eigenvalue weighted by Gasteiger charge is -2.19. The van der Waals surface area contributed by atoms with Gasteiger partial charge in [0.15, 0.2) is 9.84 Å². The van der Waals surface area contributed by atoms with Gasteiger partial charge in [0.05, 0.1) is 29.6 Å². The van der Waals surface area contributed by atoms with Crippen molar-refractivity contribution in [1.29, 1.82) is 0 Å². The molecule has 6 heteroatoms. The number of hydrogen-bond acceptors (Lipinski definition) is 5. The normalized spacial score (nSPS) is 26.1. The molecule has 2 unspecified atom stereocenters. The molecule has 0 bridgehead atoms. The van der Waals surface area contributed by atoms with Crippen LogP contribution in [0.4, 0.5) is 0 Å².